The lowest BCUT2D eigenvalue weighted by Crippen LogP contribution is -2.26. The van der Waals surface area contributed by atoms with E-state index in [1.54, 1.807) is 31.2 Å². The fourth-order valence-corrected chi connectivity index (χ4v) is 3.92. The summed E-state index contributed by atoms with van der Waals surface area (Å²) >= 11 is 9.59. The Morgan fingerprint density at radius 2 is 2.13 bits per heavy atom. The Balaban J connectivity index is 2.18. The van der Waals surface area contributed by atoms with Gasteiger partial charge in [-0.05, 0) is 45.0 Å². The number of hydroxylamine groups is 1. The second-order valence-corrected chi connectivity index (χ2v) is 8.18. The van der Waals surface area contributed by atoms with Crippen molar-refractivity contribution in [3.8, 4) is 0 Å². The SMILES string of the molecule is Cc1nc2c(F)c(Nc3ccc(Br)cc3Cl)c(C(=O)NOCCO)cc2n1C(C)C. The molecule has 30 heavy (non-hydrogen) atoms. The Kier molecular flexibility index (Phi) is 6.97. The summed E-state index contributed by atoms with van der Waals surface area (Å²) in [5, 5.41) is 12.1. The molecule has 3 N–H and O–H groups in total. The molecule has 2 aromatic carbocycles. The zero-order chi connectivity index (χ0) is 22.0. The summed E-state index contributed by atoms with van der Waals surface area (Å²) in [6.07, 6.45) is 0. The minimum absolute atomic E-state index is 0.00989. The van der Waals surface area contributed by atoms with E-state index in [-0.39, 0.29) is 36.0 Å². The minimum atomic E-state index is -0.679. The van der Waals surface area contributed by atoms with Crippen molar-refractivity contribution in [1.82, 2.24) is 15.0 Å². The molecule has 0 unspecified atom stereocenters. The monoisotopic (exact) mass is 498 g/mol. The molecular formula is C20H21BrClFN4O3. The van der Waals surface area contributed by atoms with Crippen LogP contribution in [0.25, 0.3) is 11.0 Å². The first-order valence-corrected chi connectivity index (χ1v) is 10.4. The van der Waals surface area contributed by atoms with Crippen LogP contribution in [0.3, 0.4) is 0 Å². The lowest BCUT2D eigenvalue weighted by Gasteiger charge is -2.16. The number of hydrogen-bond acceptors (Lipinski definition) is 5. The van der Waals surface area contributed by atoms with Gasteiger partial charge in [-0.3, -0.25) is 9.63 Å². The largest absolute Gasteiger partial charge is 0.394 e. The average molecular weight is 500 g/mol. The third-order valence-electron chi connectivity index (χ3n) is 4.41. The standard InChI is InChI=1S/C20H21BrClFN4O3/c1-10(2)27-11(3)24-19-16(27)9-13(20(29)26-30-7-6-28)18(17(19)23)25-15-5-4-12(21)8-14(15)22/h4-5,8-10,25,28H,6-7H2,1-3H3,(H,26,29). The van der Waals surface area contributed by atoms with Crippen molar-refractivity contribution in [2.75, 3.05) is 18.5 Å². The van der Waals surface area contributed by atoms with Gasteiger partial charge in [-0.2, -0.15) is 0 Å². The molecule has 0 saturated carbocycles. The Hall–Kier alpha value is -2.20. The van der Waals surface area contributed by atoms with E-state index in [1.165, 1.54) is 0 Å². The number of halogens is 3. The molecule has 0 fully saturated rings. The number of rotatable bonds is 7. The summed E-state index contributed by atoms with van der Waals surface area (Å²) in [5.74, 6) is -0.726. The number of aromatic nitrogens is 2. The maximum atomic E-state index is 15.6. The van der Waals surface area contributed by atoms with Gasteiger partial charge >= 0.3 is 0 Å². The van der Waals surface area contributed by atoms with Crippen LogP contribution in [0, 0.1) is 12.7 Å². The molecule has 10 heteroatoms. The molecule has 1 amide bonds. The Morgan fingerprint density at radius 3 is 2.77 bits per heavy atom. The van der Waals surface area contributed by atoms with E-state index >= 15 is 4.39 Å². The van der Waals surface area contributed by atoms with Crippen LogP contribution in [0.15, 0.2) is 28.7 Å². The number of aryl methyl sites for hydroxylation is 1. The van der Waals surface area contributed by atoms with E-state index in [0.717, 1.165) is 4.47 Å². The smallest absolute Gasteiger partial charge is 0.277 e. The molecule has 0 radical (unpaired) electrons. The van der Waals surface area contributed by atoms with Crippen molar-refractivity contribution >= 4 is 55.8 Å². The van der Waals surface area contributed by atoms with Crippen molar-refractivity contribution in [2.45, 2.75) is 26.8 Å². The number of hydrogen-bond donors (Lipinski definition) is 3. The molecule has 160 valence electrons. The van der Waals surface area contributed by atoms with Gasteiger partial charge in [0.15, 0.2) is 5.82 Å². The number of carbonyl (C=O) groups is 1. The number of aliphatic hydroxyl groups excluding tert-OH is 1. The van der Waals surface area contributed by atoms with E-state index in [0.29, 0.717) is 22.1 Å². The maximum Gasteiger partial charge on any atom is 0.277 e. The number of fused-ring (bicyclic) bond motifs is 1. The molecule has 3 rings (SSSR count). The number of benzene rings is 2. The fraction of sp³-hybridized carbons (Fsp3) is 0.300. The van der Waals surface area contributed by atoms with E-state index in [9.17, 15) is 4.79 Å². The van der Waals surface area contributed by atoms with Gasteiger partial charge in [-0.1, -0.05) is 27.5 Å². The van der Waals surface area contributed by atoms with Crippen LogP contribution in [0.2, 0.25) is 5.02 Å². The molecule has 0 atom stereocenters. The summed E-state index contributed by atoms with van der Waals surface area (Å²) in [4.78, 5) is 22.0. The molecule has 0 bridgehead atoms. The highest BCUT2D eigenvalue weighted by molar-refractivity contribution is 9.10. The van der Waals surface area contributed by atoms with E-state index in [2.05, 4.69) is 31.7 Å². The highest BCUT2D eigenvalue weighted by Crippen LogP contribution is 2.35. The molecule has 7 nitrogen and oxygen atoms in total. The summed E-state index contributed by atoms with van der Waals surface area (Å²) in [5.41, 5.74) is 3.20. The molecule has 0 spiro atoms. The summed E-state index contributed by atoms with van der Waals surface area (Å²) in [6.45, 7) is 5.31. The van der Waals surface area contributed by atoms with E-state index < -0.39 is 11.7 Å². The topological polar surface area (TPSA) is 88.4 Å². The van der Waals surface area contributed by atoms with E-state index in [1.807, 2.05) is 18.4 Å². The number of nitrogens with zero attached hydrogens (tertiary/aromatic N) is 2. The summed E-state index contributed by atoms with van der Waals surface area (Å²) in [6, 6.07) is 6.63. The van der Waals surface area contributed by atoms with Crippen molar-refractivity contribution in [1.29, 1.82) is 0 Å². The van der Waals surface area contributed by atoms with Gasteiger partial charge in [0.25, 0.3) is 5.91 Å². The number of aliphatic hydroxyl groups is 1. The first-order valence-electron chi connectivity index (χ1n) is 9.20. The molecule has 1 aromatic heterocycles. The van der Waals surface area contributed by atoms with Crippen molar-refractivity contribution in [2.24, 2.45) is 0 Å². The predicted molar refractivity (Wildman–Crippen MR) is 118 cm³/mol. The molecule has 1 heterocycles. The number of amides is 1. The average Bonchev–Trinajstić information content (AvgIpc) is 3.02. The third kappa shape index (κ3) is 4.44. The summed E-state index contributed by atoms with van der Waals surface area (Å²) < 4.78 is 18.2. The number of imidazole rings is 1. The van der Waals surface area contributed by atoms with Crippen LogP contribution in [-0.2, 0) is 4.84 Å². The lowest BCUT2D eigenvalue weighted by atomic mass is 10.1. The zero-order valence-corrected chi connectivity index (χ0v) is 18.9. The lowest BCUT2D eigenvalue weighted by molar-refractivity contribution is 0.0169. The van der Waals surface area contributed by atoms with Crippen molar-refractivity contribution < 1.29 is 19.1 Å². The number of anilines is 2. The number of nitrogens with one attached hydrogen (secondary N) is 2. The quantitative estimate of drug-likeness (QED) is 0.319. The maximum absolute atomic E-state index is 15.6. The second kappa shape index (κ2) is 9.30. The van der Waals surface area contributed by atoms with Crippen molar-refractivity contribution in [3.63, 3.8) is 0 Å². The van der Waals surface area contributed by atoms with Gasteiger partial charge in [0.1, 0.15) is 11.3 Å². The zero-order valence-electron chi connectivity index (χ0n) is 16.6. The highest BCUT2D eigenvalue weighted by Gasteiger charge is 2.24. The molecule has 0 aliphatic rings. The molecule has 0 aliphatic heterocycles. The second-order valence-electron chi connectivity index (χ2n) is 6.86. The predicted octanol–water partition coefficient (Wildman–Crippen LogP) is 4.88. The number of carbonyl (C=O) groups excluding carboxylic acids is 1. The Bertz CT molecular complexity index is 1100. The Morgan fingerprint density at radius 1 is 1.40 bits per heavy atom. The van der Waals surface area contributed by atoms with Crippen LogP contribution < -0.4 is 10.8 Å². The minimum Gasteiger partial charge on any atom is -0.394 e. The van der Waals surface area contributed by atoms with Gasteiger partial charge in [-0.25, -0.2) is 14.9 Å². The Labute approximate surface area is 186 Å². The van der Waals surface area contributed by atoms with Gasteiger partial charge in [-0.15, -0.1) is 0 Å². The van der Waals surface area contributed by atoms with Gasteiger partial charge in [0.05, 0.1) is 40.7 Å². The van der Waals surface area contributed by atoms with Crippen LogP contribution in [0.5, 0.6) is 0 Å². The normalized spacial score (nSPS) is 11.3. The molecule has 0 aliphatic carbocycles. The first kappa shape index (κ1) is 22.5. The van der Waals surface area contributed by atoms with Gasteiger partial charge in [0.2, 0.25) is 0 Å². The molecule has 0 saturated heterocycles. The highest BCUT2D eigenvalue weighted by atomic mass is 79.9. The first-order chi connectivity index (χ1) is 14.2. The van der Waals surface area contributed by atoms with Crippen molar-refractivity contribution in [3.05, 3.63) is 51.0 Å². The van der Waals surface area contributed by atoms with Crippen LogP contribution in [0.1, 0.15) is 36.1 Å². The van der Waals surface area contributed by atoms with Gasteiger partial charge in [0, 0.05) is 10.5 Å². The van der Waals surface area contributed by atoms with Crippen LogP contribution in [0.4, 0.5) is 15.8 Å². The van der Waals surface area contributed by atoms with Crippen LogP contribution in [-0.4, -0.2) is 33.8 Å². The third-order valence-corrected chi connectivity index (χ3v) is 5.22. The van der Waals surface area contributed by atoms with Crippen LogP contribution >= 0.6 is 27.5 Å². The molecular weight excluding hydrogens is 479 g/mol. The fourth-order valence-electron chi connectivity index (χ4n) is 3.20. The van der Waals surface area contributed by atoms with Gasteiger partial charge < -0.3 is 15.0 Å². The van der Waals surface area contributed by atoms with E-state index in [4.69, 9.17) is 21.5 Å². The summed E-state index contributed by atoms with van der Waals surface area (Å²) in [7, 11) is 0. The molecule has 3 aromatic rings.